The van der Waals surface area contributed by atoms with E-state index in [2.05, 4.69) is 10.2 Å². The number of carbonyl (C=O) groups excluding carboxylic acids is 1. The van der Waals surface area contributed by atoms with Crippen LogP contribution < -0.4 is 4.74 Å². The molecule has 2 rings (SSSR count). The number of rotatable bonds is 4. The summed E-state index contributed by atoms with van der Waals surface area (Å²) in [5, 5.41) is 7.95. The maximum Gasteiger partial charge on any atom is 0.338 e. The lowest BCUT2D eigenvalue weighted by molar-refractivity contribution is 0.0526. The largest absolute Gasteiger partial charge is 0.491 e. The standard InChI is InChI=1S/C13H16N2O3/c1-4-17-11-7-9(13(16)18-5-2)6-10-8(3)14-15-12(10)11/h6-7H,4-5H2,1-3H3,(H,14,15). The topological polar surface area (TPSA) is 64.2 Å². The summed E-state index contributed by atoms with van der Waals surface area (Å²) >= 11 is 0. The minimum absolute atomic E-state index is 0.346. The lowest BCUT2D eigenvalue weighted by Gasteiger charge is -2.07. The highest BCUT2D eigenvalue weighted by atomic mass is 16.5. The number of H-pyrrole nitrogens is 1. The van der Waals surface area contributed by atoms with Crippen molar-refractivity contribution in [2.75, 3.05) is 13.2 Å². The lowest BCUT2D eigenvalue weighted by atomic mass is 10.1. The number of hydrogen-bond acceptors (Lipinski definition) is 4. The zero-order valence-electron chi connectivity index (χ0n) is 10.7. The Morgan fingerprint density at radius 2 is 2.11 bits per heavy atom. The van der Waals surface area contributed by atoms with Gasteiger partial charge in [0.05, 0.1) is 18.8 Å². The first-order chi connectivity index (χ1) is 8.67. The van der Waals surface area contributed by atoms with Crippen molar-refractivity contribution >= 4 is 16.9 Å². The van der Waals surface area contributed by atoms with Gasteiger partial charge < -0.3 is 9.47 Å². The van der Waals surface area contributed by atoms with E-state index in [1.807, 2.05) is 13.8 Å². The molecular weight excluding hydrogens is 232 g/mol. The molecule has 2 aromatic rings. The van der Waals surface area contributed by atoms with Gasteiger partial charge in [0.1, 0.15) is 11.3 Å². The Morgan fingerprint density at radius 3 is 2.78 bits per heavy atom. The Bertz CT molecular complexity index is 575. The Labute approximate surface area is 105 Å². The Kier molecular flexibility index (Phi) is 3.50. The molecule has 1 N–H and O–H groups in total. The second-order valence-corrected chi connectivity index (χ2v) is 3.87. The van der Waals surface area contributed by atoms with Crippen LogP contribution >= 0.6 is 0 Å². The summed E-state index contributed by atoms with van der Waals surface area (Å²) in [7, 11) is 0. The van der Waals surface area contributed by atoms with Crippen molar-refractivity contribution < 1.29 is 14.3 Å². The summed E-state index contributed by atoms with van der Waals surface area (Å²) in [6, 6.07) is 3.44. The van der Waals surface area contributed by atoms with E-state index in [9.17, 15) is 4.79 Å². The number of hydrogen-bond donors (Lipinski definition) is 1. The average molecular weight is 248 g/mol. The predicted molar refractivity (Wildman–Crippen MR) is 68.0 cm³/mol. The number of aromatic amines is 1. The molecule has 1 heterocycles. The summed E-state index contributed by atoms with van der Waals surface area (Å²) in [6.07, 6.45) is 0. The molecule has 0 saturated carbocycles. The molecule has 18 heavy (non-hydrogen) atoms. The lowest BCUT2D eigenvalue weighted by Crippen LogP contribution is -2.05. The highest BCUT2D eigenvalue weighted by Crippen LogP contribution is 2.28. The Balaban J connectivity index is 2.55. The van der Waals surface area contributed by atoms with Gasteiger partial charge in [0.2, 0.25) is 0 Å². The second kappa shape index (κ2) is 5.08. The first-order valence-corrected chi connectivity index (χ1v) is 5.96. The van der Waals surface area contributed by atoms with Crippen molar-refractivity contribution in [2.45, 2.75) is 20.8 Å². The third-order valence-corrected chi connectivity index (χ3v) is 2.63. The molecule has 0 aliphatic rings. The summed E-state index contributed by atoms with van der Waals surface area (Å²) in [6.45, 7) is 6.45. The van der Waals surface area contributed by atoms with Gasteiger partial charge in [-0.2, -0.15) is 5.10 Å². The summed E-state index contributed by atoms with van der Waals surface area (Å²) < 4.78 is 10.5. The molecule has 5 nitrogen and oxygen atoms in total. The molecule has 96 valence electrons. The van der Waals surface area contributed by atoms with Crippen LogP contribution in [-0.4, -0.2) is 29.4 Å². The normalized spacial score (nSPS) is 10.6. The highest BCUT2D eigenvalue weighted by Gasteiger charge is 2.15. The molecule has 0 atom stereocenters. The first kappa shape index (κ1) is 12.4. The molecular formula is C13H16N2O3. The van der Waals surface area contributed by atoms with Crippen LogP contribution in [-0.2, 0) is 4.74 Å². The predicted octanol–water partition coefficient (Wildman–Crippen LogP) is 2.45. The molecule has 0 aliphatic heterocycles. The van der Waals surface area contributed by atoms with Crippen LogP contribution in [0, 0.1) is 6.92 Å². The van der Waals surface area contributed by atoms with Gasteiger partial charge in [0.25, 0.3) is 0 Å². The number of benzene rings is 1. The molecule has 0 fully saturated rings. The fraction of sp³-hybridized carbons (Fsp3) is 0.385. The van der Waals surface area contributed by atoms with Crippen LogP contribution in [0.4, 0.5) is 0 Å². The van der Waals surface area contributed by atoms with E-state index < -0.39 is 0 Å². The van der Waals surface area contributed by atoms with Gasteiger partial charge in [0.15, 0.2) is 0 Å². The minimum atomic E-state index is -0.346. The average Bonchev–Trinajstić information content (AvgIpc) is 2.72. The smallest absolute Gasteiger partial charge is 0.338 e. The molecule has 0 spiro atoms. The molecule has 5 heteroatoms. The number of carbonyl (C=O) groups is 1. The number of esters is 1. The van der Waals surface area contributed by atoms with Crippen LogP contribution in [0.25, 0.3) is 10.9 Å². The molecule has 1 aromatic heterocycles. The van der Waals surface area contributed by atoms with Crippen LogP contribution in [0.5, 0.6) is 5.75 Å². The van der Waals surface area contributed by atoms with Crippen molar-refractivity contribution in [1.82, 2.24) is 10.2 Å². The maximum absolute atomic E-state index is 11.8. The fourth-order valence-electron chi connectivity index (χ4n) is 1.81. The van der Waals surface area contributed by atoms with E-state index in [4.69, 9.17) is 9.47 Å². The van der Waals surface area contributed by atoms with Crippen LogP contribution in [0.1, 0.15) is 29.9 Å². The number of aromatic nitrogens is 2. The molecule has 1 aromatic carbocycles. The van der Waals surface area contributed by atoms with Gasteiger partial charge in [-0.3, -0.25) is 5.10 Å². The van der Waals surface area contributed by atoms with Gasteiger partial charge in [0, 0.05) is 11.1 Å². The van der Waals surface area contributed by atoms with Gasteiger partial charge in [-0.15, -0.1) is 0 Å². The quantitative estimate of drug-likeness (QED) is 0.844. The molecule has 0 aliphatic carbocycles. The summed E-state index contributed by atoms with van der Waals surface area (Å²) in [4.78, 5) is 11.8. The van der Waals surface area contributed by atoms with Gasteiger partial charge >= 0.3 is 5.97 Å². The van der Waals surface area contributed by atoms with Crippen molar-refractivity contribution in [2.24, 2.45) is 0 Å². The van der Waals surface area contributed by atoms with E-state index in [0.717, 1.165) is 16.6 Å². The number of aryl methyl sites for hydroxylation is 1. The fourth-order valence-corrected chi connectivity index (χ4v) is 1.81. The van der Waals surface area contributed by atoms with E-state index in [1.54, 1.807) is 19.1 Å². The third kappa shape index (κ3) is 2.16. The SMILES string of the molecule is CCOC(=O)c1cc(OCC)c2n[nH]c(C)c2c1. The molecule has 0 bridgehead atoms. The van der Waals surface area contributed by atoms with E-state index in [1.165, 1.54) is 0 Å². The van der Waals surface area contributed by atoms with E-state index in [0.29, 0.717) is 24.5 Å². The Hall–Kier alpha value is -2.04. The van der Waals surface area contributed by atoms with Gasteiger partial charge in [-0.25, -0.2) is 4.79 Å². The number of ether oxygens (including phenoxy) is 2. The molecule has 0 radical (unpaired) electrons. The Morgan fingerprint density at radius 1 is 1.33 bits per heavy atom. The zero-order chi connectivity index (χ0) is 13.1. The van der Waals surface area contributed by atoms with E-state index >= 15 is 0 Å². The number of fused-ring (bicyclic) bond motifs is 1. The van der Waals surface area contributed by atoms with Crippen molar-refractivity contribution in [3.8, 4) is 5.75 Å². The summed E-state index contributed by atoms with van der Waals surface area (Å²) in [5.74, 6) is 0.253. The monoisotopic (exact) mass is 248 g/mol. The molecule has 0 amide bonds. The van der Waals surface area contributed by atoms with Crippen molar-refractivity contribution in [3.63, 3.8) is 0 Å². The van der Waals surface area contributed by atoms with Gasteiger partial charge in [-0.05, 0) is 32.9 Å². The highest BCUT2D eigenvalue weighted by molar-refractivity contribution is 5.97. The van der Waals surface area contributed by atoms with E-state index in [-0.39, 0.29) is 5.97 Å². The zero-order valence-corrected chi connectivity index (χ0v) is 10.7. The third-order valence-electron chi connectivity index (χ3n) is 2.63. The van der Waals surface area contributed by atoms with Crippen LogP contribution in [0.2, 0.25) is 0 Å². The number of nitrogens with zero attached hydrogens (tertiary/aromatic N) is 1. The summed E-state index contributed by atoms with van der Waals surface area (Å²) in [5.41, 5.74) is 2.12. The second-order valence-electron chi connectivity index (χ2n) is 3.87. The molecule has 0 unspecified atom stereocenters. The minimum Gasteiger partial charge on any atom is -0.491 e. The van der Waals surface area contributed by atoms with Gasteiger partial charge in [-0.1, -0.05) is 0 Å². The first-order valence-electron chi connectivity index (χ1n) is 5.96. The maximum atomic E-state index is 11.8. The molecule has 0 saturated heterocycles. The van der Waals surface area contributed by atoms with Crippen LogP contribution in [0.3, 0.4) is 0 Å². The van der Waals surface area contributed by atoms with Crippen molar-refractivity contribution in [3.05, 3.63) is 23.4 Å². The van der Waals surface area contributed by atoms with Crippen LogP contribution in [0.15, 0.2) is 12.1 Å². The van der Waals surface area contributed by atoms with Crippen molar-refractivity contribution in [1.29, 1.82) is 0 Å². The number of nitrogens with one attached hydrogen (secondary N) is 1.